The number of benzene rings is 1. The highest BCUT2D eigenvalue weighted by Gasteiger charge is 2.19. The maximum atomic E-state index is 10.7. The van der Waals surface area contributed by atoms with Gasteiger partial charge in [-0.1, -0.05) is 6.07 Å². The Morgan fingerprint density at radius 2 is 2.24 bits per heavy atom. The molecular weight excluding hydrogens is 296 g/mol. The van der Waals surface area contributed by atoms with Crippen molar-refractivity contribution in [3.63, 3.8) is 0 Å². The smallest absolute Gasteiger partial charge is 0.321 e. The lowest BCUT2D eigenvalue weighted by atomic mass is 10.1. The fourth-order valence-corrected chi connectivity index (χ4v) is 1.61. The standard InChI is InChI=1S/C9H9BrN2O5/c10-11-6(9(14)15)3-5-1-2-8(13)7(4-5)12(16)17/h1-2,4,6,11,13H,3H2,(H,14,15). The Bertz CT molecular complexity index is 451. The molecule has 3 N–H and O–H groups in total. The first-order chi connectivity index (χ1) is 7.95. The van der Waals surface area contributed by atoms with Gasteiger partial charge < -0.3 is 10.2 Å². The minimum Gasteiger partial charge on any atom is -0.502 e. The van der Waals surface area contributed by atoms with Gasteiger partial charge in [0, 0.05) is 22.2 Å². The summed E-state index contributed by atoms with van der Waals surface area (Å²) in [7, 11) is 0. The minimum absolute atomic E-state index is 0.0572. The van der Waals surface area contributed by atoms with Crippen molar-refractivity contribution in [1.29, 1.82) is 0 Å². The van der Waals surface area contributed by atoms with E-state index < -0.39 is 28.4 Å². The van der Waals surface area contributed by atoms with Crippen LogP contribution in [-0.4, -0.2) is 27.1 Å². The van der Waals surface area contributed by atoms with Gasteiger partial charge in [0.05, 0.1) is 4.92 Å². The zero-order valence-electron chi connectivity index (χ0n) is 8.46. The van der Waals surface area contributed by atoms with E-state index in [0.717, 1.165) is 6.07 Å². The van der Waals surface area contributed by atoms with Crippen LogP contribution in [0.15, 0.2) is 18.2 Å². The number of phenols is 1. The molecule has 1 aromatic rings. The number of nitro groups is 1. The molecule has 0 aliphatic rings. The van der Waals surface area contributed by atoms with Crippen LogP contribution in [0.2, 0.25) is 0 Å². The number of hydrogen-bond donors (Lipinski definition) is 3. The van der Waals surface area contributed by atoms with E-state index in [0.29, 0.717) is 5.56 Å². The second-order valence-electron chi connectivity index (χ2n) is 3.28. The van der Waals surface area contributed by atoms with E-state index in [9.17, 15) is 20.0 Å². The number of nitro benzene ring substituents is 1. The summed E-state index contributed by atoms with van der Waals surface area (Å²) >= 11 is 2.82. The van der Waals surface area contributed by atoms with E-state index in [4.69, 9.17) is 5.11 Å². The van der Waals surface area contributed by atoms with Crippen molar-refractivity contribution in [2.75, 3.05) is 0 Å². The van der Waals surface area contributed by atoms with E-state index in [1.54, 1.807) is 0 Å². The lowest BCUT2D eigenvalue weighted by Gasteiger charge is -2.09. The number of nitrogens with one attached hydrogen (secondary N) is 1. The van der Waals surface area contributed by atoms with E-state index in [-0.39, 0.29) is 6.42 Å². The number of halogens is 1. The Hall–Kier alpha value is -1.67. The highest BCUT2D eigenvalue weighted by atomic mass is 79.9. The van der Waals surface area contributed by atoms with E-state index in [1.165, 1.54) is 12.1 Å². The number of rotatable bonds is 5. The van der Waals surface area contributed by atoms with Crippen molar-refractivity contribution < 1.29 is 19.9 Å². The van der Waals surface area contributed by atoms with Crippen LogP contribution in [0.5, 0.6) is 5.75 Å². The van der Waals surface area contributed by atoms with Gasteiger partial charge in [-0.05, 0) is 18.1 Å². The molecule has 17 heavy (non-hydrogen) atoms. The van der Waals surface area contributed by atoms with Crippen LogP contribution in [-0.2, 0) is 11.2 Å². The maximum absolute atomic E-state index is 10.7. The van der Waals surface area contributed by atoms with Crippen molar-refractivity contribution in [1.82, 2.24) is 4.34 Å². The molecule has 0 amide bonds. The molecule has 0 spiro atoms. The number of aromatic hydroxyl groups is 1. The third-order valence-electron chi connectivity index (χ3n) is 2.11. The largest absolute Gasteiger partial charge is 0.502 e. The molecule has 1 atom stereocenters. The number of carboxylic acid groups (broad SMARTS) is 1. The van der Waals surface area contributed by atoms with Crippen molar-refractivity contribution >= 4 is 27.8 Å². The first-order valence-corrected chi connectivity index (χ1v) is 5.30. The Morgan fingerprint density at radius 1 is 1.59 bits per heavy atom. The van der Waals surface area contributed by atoms with Gasteiger partial charge in [0.2, 0.25) is 0 Å². The summed E-state index contributed by atoms with van der Waals surface area (Å²) in [6.07, 6.45) is 0.0572. The predicted octanol–water partition coefficient (Wildman–Crippen LogP) is 1.20. The van der Waals surface area contributed by atoms with Gasteiger partial charge in [0.1, 0.15) is 6.04 Å². The van der Waals surface area contributed by atoms with Gasteiger partial charge in [-0.2, -0.15) is 0 Å². The summed E-state index contributed by atoms with van der Waals surface area (Å²) in [6.45, 7) is 0. The summed E-state index contributed by atoms with van der Waals surface area (Å²) < 4.78 is 2.39. The van der Waals surface area contributed by atoms with Crippen molar-refractivity contribution in [3.8, 4) is 5.75 Å². The van der Waals surface area contributed by atoms with E-state index >= 15 is 0 Å². The average molecular weight is 305 g/mol. The molecule has 7 nitrogen and oxygen atoms in total. The molecule has 0 aliphatic carbocycles. The number of carboxylic acids is 1. The SMILES string of the molecule is O=C(O)C(Cc1ccc(O)c([N+](=O)[O-])c1)NBr. The Kier molecular flexibility index (Phi) is 4.41. The highest BCUT2D eigenvalue weighted by Crippen LogP contribution is 2.26. The average Bonchev–Trinajstić information content (AvgIpc) is 2.27. The summed E-state index contributed by atoms with van der Waals surface area (Å²) in [5.41, 5.74) is -0.00457. The second-order valence-corrected chi connectivity index (χ2v) is 3.74. The molecular formula is C9H9BrN2O5. The van der Waals surface area contributed by atoms with Crippen LogP contribution in [0.1, 0.15) is 5.56 Å². The van der Waals surface area contributed by atoms with Crippen LogP contribution in [0.25, 0.3) is 0 Å². The minimum atomic E-state index is -1.09. The first kappa shape index (κ1) is 13.4. The molecule has 0 heterocycles. The van der Waals surface area contributed by atoms with Gasteiger partial charge in [-0.15, -0.1) is 0 Å². The van der Waals surface area contributed by atoms with Crippen molar-refractivity contribution in [2.45, 2.75) is 12.5 Å². The molecule has 92 valence electrons. The highest BCUT2D eigenvalue weighted by molar-refractivity contribution is 9.08. The Labute approximate surface area is 105 Å². The Balaban J connectivity index is 2.96. The van der Waals surface area contributed by atoms with Crippen LogP contribution < -0.4 is 4.34 Å². The fraction of sp³-hybridized carbons (Fsp3) is 0.222. The monoisotopic (exact) mass is 304 g/mol. The van der Waals surface area contributed by atoms with Crippen molar-refractivity contribution in [2.24, 2.45) is 0 Å². The molecule has 1 aromatic carbocycles. The van der Waals surface area contributed by atoms with Gasteiger partial charge in [0.15, 0.2) is 5.75 Å². The number of carbonyl (C=O) groups is 1. The number of aliphatic carboxylic acids is 1. The predicted molar refractivity (Wildman–Crippen MR) is 62.0 cm³/mol. The first-order valence-electron chi connectivity index (χ1n) is 4.51. The molecule has 0 saturated carbocycles. The van der Waals surface area contributed by atoms with Gasteiger partial charge in [0.25, 0.3) is 0 Å². The summed E-state index contributed by atoms with van der Waals surface area (Å²) in [5.74, 6) is -1.53. The molecule has 0 radical (unpaired) electrons. The summed E-state index contributed by atoms with van der Waals surface area (Å²) in [5, 5.41) is 28.6. The number of nitrogens with zero attached hydrogens (tertiary/aromatic N) is 1. The van der Waals surface area contributed by atoms with Crippen LogP contribution in [0.4, 0.5) is 5.69 Å². The molecule has 1 rings (SSSR count). The van der Waals surface area contributed by atoms with Gasteiger partial charge in [-0.3, -0.25) is 14.9 Å². The fourth-order valence-electron chi connectivity index (χ4n) is 1.25. The van der Waals surface area contributed by atoms with E-state index in [2.05, 4.69) is 20.5 Å². The molecule has 0 saturated heterocycles. The molecule has 0 aliphatic heterocycles. The Morgan fingerprint density at radius 3 is 2.71 bits per heavy atom. The van der Waals surface area contributed by atoms with Crippen LogP contribution in [0, 0.1) is 10.1 Å². The molecule has 0 fully saturated rings. The number of phenolic OH excluding ortho intramolecular Hbond substituents is 1. The normalized spacial score (nSPS) is 12.1. The lowest BCUT2D eigenvalue weighted by molar-refractivity contribution is -0.385. The third-order valence-corrected chi connectivity index (χ3v) is 2.66. The number of hydrogen-bond acceptors (Lipinski definition) is 5. The zero-order chi connectivity index (χ0) is 13.0. The lowest BCUT2D eigenvalue weighted by Crippen LogP contribution is -2.32. The van der Waals surface area contributed by atoms with Crippen LogP contribution >= 0.6 is 16.1 Å². The zero-order valence-corrected chi connectivity index (χ0v) is 10.0. The maximum Gasteiger partial charge on any atom is 0.321 e. The summed E-state index contributed by atoms with van der Waals surface area (Å²) in [6, 6.07) is 2.85. The molecule has 8 heteroatoms. The van der Waals surface area contributed by atoms with Gasteiger partial charge >= 0.3 is 11.7 Å². The van der Waals surface area contributed by atoms with Crippen LogP contribution in [0.3, 0.4) is 0 Å². The molecule has 0 aromatic heterocycles. The van der Waals surface area contributed by atoms with Gasteiger partial charge in [-0.25, -0.2) is 4.34 Å². The summed E-state index contributed by atoms with van der Waals surface area (Å²) in [4.78, 5) is 20.6. The second kappa shape index (κ2) is 5.60. The van der Waals surface area contributed by atoms with E-state index in [1.807, 2.05) is 0 Å². The molecule has 1 unspecified atom stereocenters. The topological polar surface area (TPSA) is 113 Å². The quantitative estimate of drug-likeness (QED) is 0.428. The molecule has 0 bridgehead atoms. The third kappa shape index (κ3) is 3.40. The van der Waals surface area contributed by atoms with Crippen molar-refractivity contribution in [3.05, 3.63) is 33.9 Å².